The molecule has 1 aromatic rings. The van der Waals surface area contributed by atoms with Crippen molar-refractivity contribution in [3.8, 4) is 0 Å². The fraction of sp³-hybridized carbons (Fsp3) is 0.688. The highest BCUT2D eigenvalue weighted by Crippen LogP contribution is 2.37. The zero-order valence-electron chi connectivity index (χ0n) is 13.5. The van der Waals surface area contributed by atoms with Crippen LogP contribution in [0.15, 0.2) is 27.8 Å². The molecular formula is C16H26IN3O3. The summed E-state index contributed by atoms with van der Waals surface area (Å²) in [5, 5.41) is 6.79. The van der Waals surface area contributed by atoms with Crippen LogP contribution in [0.25, 0.3) is 0 Å². The fourth-order valence-corrected chi connectivity index (χ4v) is 3.10. The summed E-state index contributed by atoms with van der Waals surface area (Å²) in [5.41, 5.74) is 0. The first-order chi connectivity index (χ1) is 10.8. The van der Waals surface area contributed by atoms with E-state index in [2.05, 4.69) is 22.5 Å². The Morgan fingerprint density at radius 3 is 2.91 bits per heavy atom. The van der Waals surface area contributed by atoms with Crippen molar-refractivity contribution in [2.24, 2.45) is 4.99 Å². The van der Waals surface area contributed by atoms with Crippen LogP contribution in [0.1, 0.15) is 31.9 Å². The number of guanidine groups is 1. The predicted molar refractivity (Wildman–Crippen MR) is 99.2 cm³/mol. The van der Waals surface area contributed by atoms with Gasteiger partial charge < -0.3 is 24.5 Å². The summed E-state index contributed by atoms with van der Waals surface area (Å²) in [6.07, 6.45) is 5.39. The number of nitrogens with zero attached hydrogens (tertiary/aromatic N) is 1. The van der Waals surface area contributed by atoms with Crippen LogP contribution in [0, 0.1) is 0 Å². The second kappa shape index (κ2) is 8.89. The van der Waals surface area contributed by atoms with Gasteiger partial charge in [0.15, 0.2) is 11.7 Å². The van der Waals surface area contributed by atoms with E-state index in [9.17, 15) is 0 Å². The number of hydrogen-bond acceptors (Lipinski definition) is 4. The third-order valence-electron chi connectivity index (χ3n) is 4.14. The van der Waals surface area contributed by atoms with Crippen LogP contribution in [0.3, 0.4) is 0 Å². The Kier molecular flexibility index (Phi) is 7.16. The number of halogens is 1. The van der Waals surface area contributed by atoms with Gasteiger partial charge in [0.05, 0.1) is 19.5 Å². The van der Waals surface area contributed by atoms with Gasteiger partial charge in [0.2, 0.25) is 0 Å². The Morgan fingerprint density at radius 1 is 1.39 bits per heavy atom. The van der Waals surface area contributed by atoms with E-state index in [-0.39, 0.29) is 29.8 Å². The first kappa shape index (κ1) is 18.5. The maximum atomic E-state index is 5.77. The number of hydrogen-bond donors (Lipinski definition) is 2. The average molecular weight is 435 g/mol. The van der Waals surface area contributed by atoms with Gasteiger partial charge in [0.25, 0.3) is 0 Å². The van der Waals surface area contributed by atoms with E-state index in [1.165, 1.54) is 0 Å². The summed E-state index contributed by atoms with van der Waals surface area (Å²) < 4.78 is 16.9. The number of ether oxygens (including phenoxy) is 2. The van der Waals surface area contributed by atoms with Crippen molar-refractivity contribution in [2.75, 3.05) is 26.3 Å². The Hall–Kier alpha value is -0.800. The van der Waals surface area contributed by atoms with E-state index in [4.69, 9.17) is 13.9 Å². The van der Waals surface area contributed by atoms with Crippen molar-refractivity contribution in [3.05, 3.63) is 24.2 Å². The Balaban J connectivity index is 0.00000192. The second-order valence-electron chi connectivity index (χ2n) is 5.78. The summed E-state index contributed by atoms with van der Waals surface area (Å²) in [6, 6.07) is 4.23. The average Bonchev–Trinajstić information content (AvgIpc) is 3.24. The molecule has 23 heavy (non-hydrogen) atoms. The molecule has 0 bridgehead atoms. The third-order valence-corrected chi connectivity index (χ3v) is 4.14. The highest BCUT2D eigenvalue weighted by Gasteiger charge is 2.44. The maximum absolute atomic E-state index is 5.77. The van der Waals surface area contributed by atoms with Gasteiger partial charge in [-0.25, -0.2) is 0 Å². The molecule has 1 saturated carbocycles. The molecule has 1 aromatic heterocycles. The van der Waals surface area contributed by atoms with Gasteiger partial charge >= 0.3 is 0 Å². The minimum Gasteiger partial charge on any atom is -0.469 e. The molecule has 2 aliphatic rings. The molecule has 130 valence electrons. The first-order valence-corrected chi connectivity index (χ1v) is 8.15. The largest absolute Gasteiger partial charge is 0.469 e. The van der Waals surface area contributed by atoms with E-state index < -0.39 is 0 Å². The van der Waals surface area contributed by atoms with Gasteiger partial charge in [-0.3, -0.25) is 4.99 Å². The lowest BCUT2D eigenvalue weighted by Crippen LogP contribution is -2.43. The maximum Gasteiger partial charge on any atom is 0.191 e. The molecule has 1 atom stereocenters. The molecule has 1 aliphatic heterocycles. The summed E-state index contributed by atoms with van der Waals surface area (Å²) in [5.74, 6) is 1.48. The van der Waals surface area contributed by atoms with Gasteiger partial charge in [-0.2, -0.15) is 0 Å². The van der Waals surface area contributed by atoms with E-state index >= 15 is 0 Å². The number of furan rings is 1. The molecule has 0 amide bonds. The van der Waals surface area contributed by atoms with E-state index in [1.807, 2.05) is 12.1 Å². The normalized spacial score (nSPS) is 23.0. The van der Waals surface area contributed by atoms with E-state index in [0.29, 0.717) is 25.8 Å². The van der Waals surface area contributed by atoms with Crippen LogP contribution >= 0.6 is 24.0 Å². The van der Waals surface area contributed by atoms with Crippen molar-refractivity contribution in [1.29, 1.82) is 0 Å². The zero-order chi connectivity index (χ0) is 15.3. The van der Waals surface area contributed by atoms with Gasteiger partial charge in [0.1, 0.15) is 5.76 Å². The summed E-state index contributed by atoms with van der Waals surface area (Å²) in [6.45, 7) is 5.04. The Morgan fingerprint density at radius 2 is 2.22 bits per heavy atom. The van der Waals surface area contributed by atoms with Crippen LogP contribution in [-0.4, -0.2) is 44.1 Å². The van der Waals surface area contributed by atoms with Crippen molar-refractivity contribution < 1.29 is 13.9 Å². The van der Waals surface area contributed by atoms with Gasteiger partial charge in [-0.15, -0.1) is 24.0 Å². The molecule has 6 nitrogen and oxygen atoms in total. The monoisotopic (exact) mass is 435 g/mol. The van der Waals surface area contributed by atoms with Crippen LogP contribution in [0.5, 0.6) is 0 Å². The molecule has 1 saturated heterocycles. The van der Waals surface area contributed by atoms with Gasteiger partial charge in [-0.05, 0) is 25.5 Å². The lowest BCUT2D eigenvalue weighted by molar-refractivity contribution is -0.151. The van der Waals surface area contributed by atoms with Crippen molar-refractivity contribution >= 4 is 29.9 Å². The van der Waals surface area contributed by atoms with Crippen molar-refractivity contribution in [1.82, 2.24) is 10.6 Å². The smallest absolute Gasteiger partial charge is 0.191 e. The molecule has 1 spiro atoms. The lowest BCUT2D eigenvalue weighted by Gasteiger charge is -2.22. The topological polar surface area (TPSA) is 68.0 Å². The Bertz CT molecular complexity index is 487. The summed E-state index contributed by atoms with van der Waals surface area (Å²) >= 11 is 0. The first-order valence-electron chi connectivity index (χ1n) is 8.15. The quantitative estimate of drug-likeness (QED) is 0.422. The highest BCUT2D eigenvalue weighted by atomic mass is 127. The molecule has 2 N–H and O–H groups in total. The molecule has 2 fully saturated rings. The van der Waals surface area contributed by atoms with Crippen molar-refractivity contribution in [3.63, 3.8) is 0 Å². The van der Waals surface area contributed by atoms with Gasteiger partial charge in [-0.1, -0.05) is 0 Å². The third kappa shape index (κ3) is 5.09. The van der Waals surface area contributed by atoms with E-state index in [0.717, 1.165) is 43.9 Å². The summed E-state index contributed by atoms with van der Waals surface area (Å²) in [4.78, 5) is 4.62. The fourth-order valence-electron chi connectivity index (χ4n) is 3.10. The molecular weight excluding hydrogens is 409 g/mol. The summed E-state index contributed by atoms with van der Waals surface area (Å²) in [7, 11) is 0. The number of aliphatic imine (C=N–C) groups is 1. The molecule has 0 aromatic carbocycles. The van der Waals surface area contributed by atoms with Crippen molar-refractivity contribution in [2.45, 2.75) is 44.4 Å². The van der Waals surface area contributed by atoms with Crippen LogP contribution < -0.4 is 10.6 Å². The lowest BCUT2D eigenvalue weighted by atomic mass is 10.2. The number of nitrogens with one attached hydrogen (secondary N) is 2. The molecule has 3 rings (SSSR count). The van der Waals surface area contributed by atoms with E-state index in [1.54, 1.807) is 6.26 Å². The Labute approximate surface area is 154 Å². The molecule has 1 unspecified atom stereocenters. The number of rotatable bonds is 5. The molecule has 2 heterocycles. The molecule has 1 aliphatic carbocycles. The van der Waals surface area contributed by atoms with Crippen LogP contribution in [-0.2, 0) is 15.9 Å². The van der Waals surface area contributed by atoms with Crippen LogP contribution in [0.2, 0.25) is 0 Å². The predicted octanol–water partition coefficient (Wildman–Crippen LogP) is 2.29. The molecule has 7 heteroatoms. The minimum absolute atomic E-state index is 0. The molecule has 0 radical (unpaired) electrons. The highest BCUT2D eigenvalue weighted by molar-refractivity contribution is 14.0. The van der Waals surface area contributed by atoms with Gasteiger partial charge in [0, 0.05) is 38.4 Å². The second-order valence-corrected chi connectivity index (χ2v) is 5.78. The zero-order valence-corrected chi connectivity index (χ0v) is 15.9. The van der Waals surface area contributed by atoms with Crippen LogP contribution in [0.4, 0.5) is 0 Å². The minimum atomic E-state index is -0.344. The standard InChI is InChI=1S/C16H25N3O3.HI/c1-2-17-15(18-8-6-14-4-3-9-20-14)19-13-5-7-16(12-13)21-10-11-22-16;/h3-4,9,13H,2,5-8,10-12H2,1H3,(H2,17,18,19);1H. The SMILES string of the molecule is CCNC(=NCCc1ccco1)NC1CCC2(C1)OCCO2.I.